The van der Waals surface area contributed by atoms with Crippen LogP contribution in [0.3, 0.4) is 0 Å². The van der Waals surface area contributed by atoms with Crippen LogP contribution in [0.25, 0.3) is 10.9 Å². The van der Waals surface area contributed by atoms with Crippen molar-refractivity contribution in [2.45, 2.75) is 0 Å². The van der Waals surface area contributed by atoms with Crippen LogP contribution < -0.4 is 16.0 Å². The number of anilines is 4. The van der Waals surface area contributed by atoms with Gasteiger partial charge in [0.25, 0.3) is 0 Å². The zero-order valence-electron chi connectivity index (χ0n) is 12.2. The number of fused-ring (bicyclic) bond motifs is 1. The molecule has 1 aromatic heterocycles. The average molecular weight is 278 g/mol. The number of nitrogens with zero attached hydrogens (tertiary/aromatic N) is 2. The topological polar surface area (TPSA) is 54.2 Å². The number of pyridine rings is 1. The van der Waals surface area contributed by atoms with E-state index in [1.54, 1.807) is 6.20 Å². The summed E-state index contributed by atoms with van der Waals surface area (Å²) in [4.78, 5) is 6.45. The van der Waals surface area contributed by atoms with Gasteiger partial charge in [0.15, 0.2) is 0 Å². The van der Waals surface area contributed by atoms with Gasteiger partial charge in [-0.2, -0.15) is 0 Å². The average Bonchev–Trinajstić information content (AvgIpc) is 2.51. The van der Waals surface area contributed by atoms with E-state index >= 15 is 0 Å². The van der Waals surface area contributed by atoms with E-state index in [1.165, 1.54) is 0 Å². The van der Waals surface area contributed by atoms with Gasteiger partial charge in [0.1, 0.15) is 0 Å². The summed E-state index contributed by atoms with van der Waals surface area (Å²) in [5, 5.41) is 4.51. The minimum Gasteiger partial charge on any atom is -0.397 e. The maximum atomic E-state index is 6.00. The first kappa shape index (κ1) is 13.2. The van der Waals surface area contributed by atoms with Gasteiger partial charge in [-0.15, -0.1) is 0 Å². The fraction of sp³-hybridized carbons (Fsp3) is 0.118. The quantitative estimate of drug-likeness (QED) is 0.718. The van der Waals surface area contributed by atoms with Crippen LogP contribution in [0.15, 0.2) is 54.7 Å². The van der Waals surface area contributed by atoms with E-state index in [0.29, 0.717) is 5.69 Å². The van der Waals surface area contributed by atoms with Crippen LogP contribution in [0.2, 0.25) is 0 Å². The fourth-order valence-electron chi connectivity index (χ4n) is 2.42. The maximum absolute atomic E-state index is 6.00. The SMILES string of the molecule is CN(C)c1ccccc1Nc1ccc(N)c2ncccc12. The Morgan fingerprint density at radius 2 is 1.76 bits per heavy atom. The van der Waals surface area contributed by atoms with E-state index < -0.39 is 0 Å². The van der Waals surface area contributed by atoms with Crippen LogP contribution in [0.1, 0.15) is 0 Å². The van der Waals surface area contributed by atoms with Crippen LogP contribution in [0, 0.1) is 0 Å². The Hall–Kier alpha value is -2.75. The molecule has 2 aromatic carbocycles. The molecule has 0 aliphatic heterocycles. The zero-order valence-corrected chi connectivity index (χ0v) is 12.2. The second-order valence-electron chi connectivity index (χ2n) is 5.14. The van der Waals surface area contributed by atoms with Crippen molar-refractivity contribution >= 4 is 33.7 Å². The first-order valence-corrected chi connectivity index (χ1v) is 6.83. The fourth-order valence-corrected chi connectivity index (χ4v) is 2.42. The molecular weight excluding hydrogens is 260 g/mol. The number of nitrogens with two attached hydrogens (primary N) is 1. The Morgan fingerprint density at radius 3 is 2.57 bits per heavy atom. The molecule has 0 spiro atoms. The molecule has 0 fully saturated rings. The summed E-state index contributed by atoms with van der Waals surface area (Å²) in [6.07, 6.45) is 1.76. The summed E-state index contributed by atoms with van der Waals surface area (Å²) in [5.74, 6) is 0. The van der Waals surface area contributed by atoms with Crippen molar-refractivity contribution in [2.75, 3.05) is 30.0 Å². The minimum atomic E-state index is 0.692. The summed E-state index contributed by atoms with van der Waals surface area (Å²) in [5.41, 5.74) is 10.7. The highest BCUT2D eigenvalue weighted by Gasteiger charge is 2.08. The van der Waals surface area contributed by atoms with Crippen molar-refractivity contribution in [3.63, 3.8) is 0 Å². The molecule has 3 N–H and O–H groups in total. The zero-order chi connectivity index (χ0) is 14.8. The monoisotopic (exact) mass is 278 g/mol. The molecule has 0 aliphatic rings. The number of rotatable bonds is 3. The first-order valence-electron chi connectivity index (χ1n) is 6.83. The van der Waals surface area contributed by atoms with Crippen molar-refractivity contribution in [1.82, 2.24) is 4.98 Å². The van der Waals surface area contributed by atoms with Gasteiger partial charge in [-0.25, -0.2) is 0 Å². The van der Waals surface area contributed by atoms with Crippen molar-refractivity contribution in [3.05, 3.63) is 54.7 Å². The number of hydrogen-bond acceptors (Lipinski definition) is 4. The van der Waals surface area contributed by atoms with Crippen molar-refractivity contribution in [3.8, 4) is 0 Å². The van der Waals surface area contributed by atoms with Gasteiger partial charge in [-0.05, 0) is 36.4 Å². The number of hydrogen-bond donors (Lipinski definition) is 2. The second kappa shape index (κ2) is 5.32. The molecule has 1 heterocycles. The van der Waals surface area contributed by atoms with Crippen molar-refractivity contribution in [2.24, 2.45) is 0 Å². The highest BCUT2D eigenvalue weighted by molar-refractivity contribution is 6.00. The molecule has 3 rings (SSSR count). The number of benzene rings is 2. The van der Waals surface area contributed by atoms with Gasteiger partial charge in [0.2, 0.25) is 0 Å². The van der Waals surface area contributed by atoms with Crippen molar-refractivity contribution in [1.29, 1.82) is 0 Å². The summed E-state index contributed by atoms with van der Waals surface area (Å²) in [6, 6.07) is 16.0. The standard InChI is InChI=1S/C17H18N4/c1-21(2)16-8-4-3-7-15(16)20-14-10-9-13(18)17-12(14)6-5-11-19-17/h3-11,20H,18H2,1-2H3. The summed E-state index contributed by atoms with van der Waals surface area (Å²) in [7, 11) is 4.06. The van der Waals surface area contributed by atoms with Crippen LogP contribution in [-0.4, -0.2) is 19.1 Å². The number of para-hydroxylation sites is 2. The predicted molar refractivity (Wildman–Crippen MR) is 90.2 cm³/mol. The molecule has 0 bridgehead atoms. The lowest BCUT2D eigenvalue weighted by Gasteiger charge is -2.19. The predicted octanol–water partition coefficient (Wildman–Crippen LogP) is 3.63. The van der Waals surface area contributed by atoms with Crippen molar-refractivity contribution < 1.29 is 0 Å². The normalized spacial score (nSPS) is 10.6. The first-order chi connectivity index (χ1) is 10.2. The lowest BCUT2D eigenvalue weighted by Crippen LogP contribution is -2.10. The number of aromatic nitrogens is 1. The third kappa shape index (κ3) is 2.48. The van der Waals surface area contributed by atoms with E-state index in [2.05, 4.69) is 27.3 Å². The van der Waals surface area contributed by atoms with Gasteiger partial charge in [-0.1, -0.05) is 12.1 Å². The molecule has 4 nitrogen and oxygen atoms in total. The highest BCUT2D eigenvalue weighted by atomic mass is 15.1. The van der Waals surface area contributed by atoms with Crippen LogP contribution in [0.5, 0.6) is 0 Å². The van der Waals surface area contributed by atoms with E-state index in [1.807, 2.05) is 50.5 Å². The summed E-state index contributed by atoms with van der Waals surface area (Å²) in [6.45, 7) is 0. The molecular formula is C17H18N4. The van der Waals surface area contributed by atoms with Gasteiger partial charge in [-0.3, -0.25) is 4.98 Å². The molecule has 4 heteroatoms. The lowest BCUT2D eigenvalue weighted by atomic mass is 10.1. The molecule has 0 saturated heterocycles. The third-order valence-corrected chi connectivity index (χ3v) is 3.46. The van der Waals surface area contributed by atoms with Gasteiger partial charge in [0, 0.05) is 31.4 Å². The minimum absolute atomic E-state index is 0.692. The van der Waals surface area contributed by atoms with Crippen LogP contribution in [0.4, 0.5) is 22.7 Å². The highest BCUT2D eigenvalue weighted by Crippen LogP contribution is 2.32. The van der Waals surface area contributed by atoms with E-state index in [-0.39, 0.29) is 0 Å². The molecule has 0 radical (unpaired) electrons. The van der Waals surface area contributed by atoms with E-state index in [4.69, 9.17) is 5.73 Å². The Labute approximate surface area is 124 Å². The molecule has 106 valence electrons. The smallest absolute Gasteiger partial charge is 0.0951 e. The molecule has 0 unspecified atom stereocenters. The molecule has 21 heavy (non-hydrogen) atoms. The molecule has 3 aromatic rings. The largest absolute Gasteiger partial charge is 0.397 e. The van der Waals surface area contributed by atoms with Crippen LogP contribution >= 0.6 is 0 Å². The Kier molecular flexibility index (Phi) is 3.36. The van der Waals surface area contributed by atoms with E-state index in [0.717, 1.165) is 28.0 Å². The second-order valence-corrected chi connectivity index (χ2v) is 5.14. The summed E-state index contributed by atoms with van der Waals surface area (Å²) >= 11 is 0. The van der Waals surface area contributed by atoms with Crippen LogP contribution in [-0.2, 0) is 0 Å². The number of nitrogens with one attached hydrogen (secondary N) is 1. The maximum Gasteiger partial charge on any atom is 0.0951 e. The molecule has 0 aliphatic carbocycles. The van der Waals surface area contributed by atoms with E-state index in [9.17, 15) is 0 Å². The Morgan fingerprint density at radius 1 is 0.952 bits per heavy atom. The molecule has 0 atom stereocenters. The van der Waals surface area contributed by atoms with Gasteiger partial charge >= 0.3 is 0 Å². The lowest BCUT2D eigenvalue weighted by molar-refractivity contribution is 1.13. The molecule has 0 amide bonds. The number of nitrogen functional groups attached to an aromatic ring is 1. The third-order valence-electron chi connectivity index (χ3n) is 3.46. The summed E-state index contributed by atoms with van der Waals surface area (Å²) < 4.78 is 0. The molecule has 0 saturated carbocycles. The van der Waals surface area contributed by atoms with Gasteiger partial charge < -0.3 is 16.0 Å². The Balaban J connectivity index is 2.09. The van der Waals surface area contributed by atoms with Gasteiger partial charge in [0.05, 0.1) is 22.6 Å². The Bertz CT molecular complexity index is 781.